The van der Waals surface area contributed by atoms with Crippen molar-refractivity contribution in [2.75, 3.05) is 36.4 Å². The van der Waals surface area contributed by atoms with Gasteiger partial charge in [0.1, 0.15) is 5.82 Å². The number of rotatable bonds is 8. The molecule has 2 amide bonds. The highest BCUT2D eigenvalue weighted by Gasteiger charge is 2.37. The van der Waals surface area contributed by atoms with E-state index in [1.165, 1.54) is 31.5 Å². The van der Waals surface area contributed by atoms with E-state index in [1.807, 2.05) is 42.5 Å². The fraction of sp³-hybridized carbons (Fsp3) is 0.438. The fourth-order valence-corrected chi connectivity index (χ4v) is 6.16. The van der Waals surface area contributed by atoms with E-state index >= 15 is 0 Å². The van der Waals surface area contributed by atoms with Crippen molar-refractivity contribution in [3.05, 3.63) is 77.6 Å². The van der Waals surface area contributed by atoms with Gasteiger partial charge in [-0.3, -0.25) is 9.59 Å². The summed E-state index contributed by atoms with van der Waals surface area (Å²) in [5.74, 6) is 0.260. The summed E-state index contributed by atoms with van der Waals surface area (Å²) in [6, 6.07) is 18.5. The summed E-state index contributed by atoms with van der Waals surface area (Å²) >= 11 is 0. The maximum Gasteiger partial charge on any atom is 0.271 e. The smallest absolute Gasteiger partial charge is 0.271 e. The first kappa shape index (κ1) is 27.2. The molecule has 1 atom stereocenters. The van der Waals surface area contributed by atoms with Crippen LogP contribution < -0.4 is 21.3 Å². The lowest BCUT2D eigenvalue weighted by Gasteiger charge is -2.40. The third kappa shape index (κ3) is 6.20. The lowest BCUT2D eigenvalue weighted by Crippen LogP contribution is -2.48. The van der Waals surface area contributed by atoms with Crippen LogP contribution in [0.25, 0.3) is 0 Å². The number of hydrogen-bond donors (Lipinski definition) is 3. The zero-order valence-corrected chi connectivity index (χ0v) is 23.7. The minimum Gasteiger partial charge on any atom is -0.364 e. The molecule has 2 saturated heterocycles. The van der Waals surface area contributed by atoms with E-state index < -0.39 is 5.91 Å². The van der Waals surface area contributed by atoms with Crippen molar-refractivity contribution in [2.24, 2.45) is 5.73 Å². The molecule has 2 aliphatic heterocycles. The Morgan fingerprint density at radius 3 is 2.39 bits per heavy atom. The molecule has 214 valence electrons. The Morgan fingerprint density at radius 2 is 1.71 bits per heavy atom. The van der Waals surface area contributed by atoms with Crippen molar-refractivity contribution in [3.8, 4) is 0 Å². The predicted octanol–water partition coefficient (Wildman–Crippen LogP) is 4.23. The van der Waals surface area contributed by atoms with E-state index in [0.29, 0.717) is 23.7 Å². The molecule has 0 unspecified atom stereocenters. The van der Waals surface area contributed by atoms with Crippen LogP contribution in [0.5, 0.6) is 0 Å². The van der Waals surface area contributed by atoms with E-state index in [1.54, 1.807) is 6.20 Å². The Bertz CT molecular complexity index is 1380. The second-order valence-corrected chi connectivity index (χ2v) is 11.9. The zero-order chi connectivity index (χ0) is 28.4. The predicted molar refractivity (Wildman–Crippen MR) is 161 cm³/mol. The van der Waals surface area contributed by atoms with E-state index in [2.05, 4.69) is 44.5 Å². The first-order valence-corrected chi connectivity index (χ1v) is 14.8. The van der Waals surface area contributed by atoms with Gasteiger partial charge < -0.3 is 26.2 Å². The van der Waals surface area contributed by atoms with Gasteiger partial charge in [-0.05, 0) is 86.9 Å². The molecule has 1 aromatic heterocycles. The number of nitrogens with zero attached hydrogens (tertiary/aromatic N) is 4. The van der Waals surface area contributed by atoms with Crippen molar-refractivity contribution in [3.63, 3.8) is 0 Å². The van der Waals surface area contributed by atoms with Crippen LogP contribution in [-0.4, -0.2) is 64.9 Å². The van der Waals surface area contributed by atoms with Crippen LogP contribution >= 0.6 is 0 Å². The molecule has 3 aliphatic rings. The second kappa shape index (κ2) is 11.5. The third-order valence-electron chi connectivity index (χ3n) is 8.92. The molecule has 3 heterocycles. The molecule has 0 spiro atoms. The van der Waals surface area contributed by atoms with Gasteiger partial charge >= 0.3 is 0 Å². The largest absolute Gasteiger partial charge is 0.364 e. The van der Waals surface area contributed by atoms with Gasteiger partial charge in [-0.25, -0.2) is 9.97 Å². The molecule has 0 bridgehead atoms. The van der Waals surface area contributed by atoms with E-state index in [9.17, 15) is 9.59 Å². The van der Waals surface area contributed by atoms with Crippen molar-refractivity contribution in [1.29, 1.82) is 0 Å². The average Bonchev–Trinajstić information content (AvgIpc) is 3.84. The topological polar surface area (TPSA) is 116 Å². The number of carbonyl (C=O) groups excluding carboxylic acids is 2. The van der Waals surface area contributed by atoms with E-state index in [0.717, 1.165) is 44.0 Å². The van der Waals surface area contributed by atoms with Gasteiger partial charge in [0.05, 0.1) is 6.20 Å². The normalized spacial score (nSPS) is 20.8. The molecule has 9 heteroatoms. The number of likely N-dealkylation sites (tertiary alicyclic amines) is 1. The number of amides is 2. The van der Waals surface area contributed by atoms with E-state index in [-0.39, 0.29) is 23.1 Å². The van der Waals surface area contributed by atoms with Crippen molar-refractivity contribution in [2.45, 2.75) is 62.9 Å². The molecule has 2 aromatic carbocycles. The Morgan fingerprint density at radius 1 is 0.976 bits per heavy atom. The standard InChI is InChI=1S/C32H39N7O2/c1-32(15-18-38(19-16-32)26-13-14-26)23-9-11-24(12-10-23)35-30-28(29(33)40)34-20-27(37-30)39-17-5-8-25(21-39)36-31(41)22-6-3-2-4-7-22/h2-4,6-7,9-12,20,25-26H,5,8,13-19,21H2,1H3,(H2,33,40)(H,35,37)(H,36,41)/t25-/m1/s1. The summed E-state index contributed by atoms with van der Waals surface area (Å²) in [7, 11) is 0. The lowest BCUT2D eigenvalue weighted by atomic mass is 9.74. The minimum atomic E-state index is -0.634. The maximum atomic E-state index is 12.7. The quantitative estimate of drug-likeness (QED) is 0.382. The summed E-state index contributed by atoms with van der Waals surface area (Å²) in [6.45, 7) is 6.09. The molecule has 0 radical (unpaired) electrons. The highest BCUT2D eigenvalue weighted by atomic mass is 16.2. The van der Waals surface area contributed by atoms with Crippen LogP contribution in [0, 0.1) is 0 Å². The third-order valence-corrected chi connectivity index (χ3v) is 8.92. The molecule has 3 aromatic rings. The number of nitrogens with two attached hydrogens (primary N) is 1. The molecular formula is C32H39N7O2. The molecule has 4 N–H and O–H groups in total. The van der Waals surface area contributed by atoms with Crippen molar-refractivity contribution in [1.82, 2.24) is 20.2 Å². The molecule has 1 aliphatic carbocycles. The molecule has 1 saturated carbocycles. The van der Waals surface area contributed by atoms with E-state index in [4.69, 9.17) is 10.7 Å². The fourth-order valence-electron chi connectivity index (χ4n) is 6.16. The summed E-state index contributed by atoms with van der Waals surface area (Å²) < 4.78 is 0. The van der Waals surface area contributed by atoms with Gasteiger partial charge in [-0.2, -0.15) is 0 Å². The molecule has 6 rings (SSSR count). The Hall–Kier alpha value is -3.98. The number of primary amides is 1. The molecule has 9 nitrogen and oxygen atoms in total. The van der Waals surface area contributed by atoms with Gasteiger partial charge in [-0.1, -0.05) is 37.3 Å². The van der Waals surface area contributed by atoms with Gasteiger partial charge in [0.15, 0.2) is 11.5 Å². The van der Waals surface area contributed by atoms with Crippen LogP contribution in [0.15, 0.2) is 60.8 Å². The number of hydrogen-bond acceptors (Lipinski definition) is 7. The number of anilines is 3. The molecule has 41 heavy (non-hydrogen) atoms. The number of carbonyl (C=O) groups is 2. The van der Waals surface area contributed by atoms with Crippen LogP contribution in [0.1, 0.15) is 71.9 Å². The van der Waals surface area contributed by atoms with Gasteiger partial charge in [0.25, 0.3) is 11.8 Å². The number of aromatic nitrogens is 2. The first-order chi connectivity index (χ1) is 19.9. The zero-order valence-electron chi connectivity index (χ0n) is 23.7. The van der Waals surface area contributed by atoms with Crippen LogP contribution in [0.2, 0.25) is 0 Å². The van der Waals surface area contributed by atoms with Gasteiger partial charge in [0.2, 0.25) is 0 Å². The highest BCUT2D eigenvalue weighted by molar-refractivity contribution is 5.96. The van der Waals surface area contributed by atoms with Crippen LogP contribution in [0.4, 0.5) is 17.3 Å². The maximum absolute atomic E-state index is 12.7. The number of benzene rings is 2. The minimum absolute atomic E-state index is 0.0180. The highest BCUT2D eigenvalue weighted by Crippen LogP contribution is 2.39. The summed E-state index contributed by atoms with van der Waals surface area (Å²) in [5, 5.41) is 6.44. The number of nitrogens with one attached hydrogen (secondary N) is 2. The van der Waals surface area contributed by atoms with Gasteiger partial charge in [0, 0.05) is 36.4 Å². The van der Waals surface area contributed by atoms with Gasteiger partial charge in [-0.15, -0.1) is 0 Å². The summed E-state index contributed by atoms with van der Waals surface area (Å²) in [5.41, 5.74) is 8.74. The van der Waals surface area contributed by atoms with Crippen molar-refractivity contribution >= 4 is 29.1 Å². The Labute approximate surface area is 241 Å². The number of piperidine rings is 2. The summed E-state index contributed by atoms with van der Waals surface area (Å²) in [4.78, 5) is 38.8. The molecular weight excluding hydrogens is 514 g/mol. The Kier molecular flexibility index (Phi) is 7.62. The Balaban J connectivity index is 1.14. The van der Waals surface area contributed by atoms with Crippen LogP contribution in [0.3, 0.4) is 0 Å². The first-order valence-electron chi connectivity index (χ1n) is 14.8. The average molecular weight is 554 g/mol. The lowest BCUT2D eigenvalue weighted by molar-refractivity contribution is 0.0932. The monoisotopic (exact) mass is 553 g/mol. The molecule has 3 fully saturated rings. The van der Waals surface area contributed by atoms with Crippen LogP contribution in [-0.2, 0) is 5.41 Å². The summed E-state index contributed by atoms with van der Waals surface area (Å²) in [6.07, 6.45) is 8.42. The van der Waals surface area contributed by atoms with Crippen molar-refractivity contribution < 1.29 is 9.59 Å². The second-order valence-electron chi connectivity index (χ2n) is 11.9. The SMILES string of the molecule is CC1(c2ccc(Nc3nc(N4CCC[C@@H](NC(=O)c5ccccc5)C4)cnc3C(N)=O)cc2)CCN(C2CC2)CC1.